The van der Waals surface area contributed by atoms with Gasteiger partial charge in [-0.1, -0.05) is 17.7 Å². The Balaban J connectivity index is 2.24. The highest BCUT2D eigenvalue weighted by Gasteiger charge is 2.12. The molecule has 0 unspecified atom stereocenters. The molecule has 9 heavy (non-hydrogen) atoms. The first-order chi connectivity index (χ1) is 4.47. The second-order valence-corrected chi connectivity index (χ2v) is 2.77. The second kappa shape index (κ2) is 2.02. The monoisotopic (exact) mass is 119 g/mol. The Morgan fingerprint density at radius 1 is 1.22 bits per heavy atom. The maximum absolute atomic E-state index is 2.38. The molecule has 0 nitrogen and oxygen atoms in total. The molecule has 0 spiro atoms. The summed E-state index contributed by atoms with van der Waals surface area (Å²) in [7, 11) is 0. The summed E-state index contributed by atoms with van der Waals surface area (Å²) in [5.41, 5.74) is 3.29. The maximum atomic E-state index is 2.38. The Morgan fingerprint density at radius 2 is 2.22 bits per heavy atom. The van der Waals surface area contributed by atoms with E-state index in [1.807, 2.05) is 0 Å². The van der Waals surface area contributed by atoms with Crippen LogP contribution in [-0.2, 0) is 0 Å². The van der Waals surface area contributed by atoms with Crippen LogP contribution < -0.4 is 0 Å². The van der Waals surface area contributed by atoms with Crippen molar-refractivity contribution in [3.8, 4) is 0 Å². The Morgan fingerprint density at radius 3 is 3.11 bits per heavy atom. The standard InChI is InChI=1S/C9H11/c1-2-5-9-7-3-6-8(9)4-1/h1,3,6H,2,4-5,7H2. The maximum Gasteiger partial charge on any atom is -0.0130 e. The fourth-order valence-corrected chi connectivity index (χ4v) is 1.60. The van der Waals surface area contributed by atoms with Gasteiger partial charge in [-0.25, -0.2) is 0 Å². The first-order valence-electron chi connectivity index (χ1n) is 3.66. The van der Waals surface area contributed by atoms with Crippen molar-refractivity contribution in [2.45, 2.75) is 25.7 Å². The van der Waals surface area contributed by atoms with Gasteiger partial charge in [0.15, 0.2) is 0 Å². The fraction of sp³-hybridized carbons (Fsp3) is 0.444. The molecule has 1 radical (unpaired) electrons. The minimum Gasteiger partial charge on any atom is -0.0802 e. The van der Waals surface area contributed by atoms with Crippen LogP contribution in [0.2, 0.25) is 0 Å². The van der Waals surface area contributed by atoms with Gasteiger partial charge in [0.1, 0.15) is 0 Å². The third-order valence-corrected chi connectivity index (χ3v) is 2.15. The molecule has 0 heterocycles. The molecule has 2 aliphatic rings. The zero-order valence-electron chi connectivity index (χ0n) is 5.56. The molecule has 0 aromatic carbocycles. The quantitative estimate of drug-likeness (QED) is 0.460. The number of allylic oxidation sites excluding steroid dienone is 4. The summed E-state index contributed by atoms with van der Waals surface area (Å²) < 4.78 is 0. The van der Waals surface area contributed by atoms with Crippen molar-refractivity contribution >= 4 is 0 Å². The first-order valence-corrected chi connectivity index (χ1v) is 3.66. The zero-order valence-corrected chi connectivity index (χ0v) is 5.56. The van der Waals surface area contributed by atoms with E-state index >= 15 is 0 Å². The summed E-state index contributed by atoms with van der Waals surface area (Å²) in [6, 6.07) is 0. The molecule has 0 amide bonds. The van der Waals surface area contributed by atoms with Crippen LogP contribution in [0.15, 0.2) is 23.3 Å². The largest absolute Gasteiger partial charge is 0.0802 e. The third kappa shape index (κ3) is 0.827. The molecule has 0 saturated heterocycles. The lowest BCUT2D eigenvalue weighted by Crippen LogP contribution is -1.93. The SMILES string of the molecule is [CH]1CCC2=C(C=CC2)C1. The van der Waals surface area contributed by atoms with Crippen LogP contribution in [0.3, 0.4) is 0 Å². The van der Waals surface area contributed by atoms with Crippen LogP contribution in [0.1, 0.15) is 25.7 Å². The van der Waals surface area contributed by atoms with Gasteiger partial charge in [0.2, 0.25) is 0 Å². The van der Waals surface area contributed by atoms with Gasteiger partial charge in [0.05, 0.1) is 0 Å². The third-order valence-electron chi connectivity index (χ3n) is 2.15. The van der Waals surface area contributed by atoms with Gasteiger partial charge in [-0.3, -0.25) is 0 Å². The predicted molar refractivity (Wildman–Crippen MR) is 38.9 cm³/mol. The predicted octanol–water partition coefficient (Wildman–Crippen LogP) is 2.63. The Labute approximate surface area is 56.3 Å². The smallest absolute Gasteiger partial charge is 0.0130 e. The molecule has 0 aliphatic heterocycles. The normalized spacial score (nSPS) is 24.9. The molecule has 0 aromatic rings. The summed E-state index contributed by atoms with van der Waals surface area (Å²) >= 11 is 0. The summed E-state index contributed by atoms with van der Waals surface area (Å²) in [6.07, 6.45) is 12.0. The molecular formula is C9H11. The Hall–Kier alpha value is -0.520. The van der Waals surface area contributed by atoms with E-state index < -0.39 is 0 Å². The molecule has 0 heteroatoms. The van der Waals surface area contributed by atoms with Crippen LogP contribution in [0.25, 0.3) is 0 Å². The van der Waals surface area contributed by atoms with E-state index in [1.54, 1.807) is 11.1 Å². The van der Waals surface area contributed by atoms with Crippen molar-refractivity contribution in [1.82, 2.24) is 0 Å². The molecule has 2 aliphatic carbocycles. The molecule has 2 rings (SSSR count). The molecule has 0 N–H and O–H groups in total. The van der Waals surface area contributed by atoms with Gasteiger partial charge >= 0.3 is 0 Å². The summed E-state index contributed by atoms with van der Waals surface area (Å²) in [5.74, 6) is 0. The lowest BCUT2D eigenvalue weighted by atomic mass is 9.94. The van der Waals surface area contributed by atoms with Crippen molar-refractivity contribution in [2.75, 3.05) is 0 Å². The average Bonchev–Trinajstić information content (AvgIpc) is 2.33. The lowest BCUT2D eigenvalue weighted by molar-refractivity contribution is 0.813. The summed E-state index contributed by atoms with van der Waals surface area (Å²) in [4.78, 5) is 0. The van der Waals surface area contributed by atoms with Crippen molar-refractivity contribution in [3.05, 3.63) is 29.7 Å². The second-order valence-electron chi connectivity index (χ2n) is 2.77. The van der Waals surface area contributed by atoms with Crippen molar-refractivity contribution in [3.63, 3.8) is 0 Å². The molecular weight excluding hydrogens is 108 g/mol. The van der Waals surface area contributed by atoms with Gasteiger partial charge < -0.3 is 0 Å². The highest BCUT2D eigenvalue weighted by atomic mass is 14.2. The molecule has 0 atom stereocenters. The molecule has 0 aromatic heterocycles. The lowest BCUT2D eigenvalue weighted by Gasteiger charge is -2.11. The van der Waals surface area contributed by atoms with Gasteiger partial charge in [-0.2, -0.15) is 0 Å². The molecule has 47 valence electrons. The molecule has 0 saturated carbocycles. The summed E-state index contributed by atoms with van der Waals surface area (Å²) in [5, 5.41) is 0. The number of rotatable bonds is 0. The highest BCUT2D eigenvalue weighted by molar-refractivity contribution is 5.36. The van der Waals surface area contributed by atoms with Crippen LogP contribution in [0, 0.1) is 6.42 Å². The van der Waals surface area contributed by atoms with Crippen LogP contribution in [0.4, 0.5) is 0 Å². The van der Waals surface area contributed by atoms with E-state index in [9.17, 15) is 0 Å². The minimum absolute atomic E-state index is 1.23. The van der Waals surface area contributed by atoms with E-state index in [2.05, 4.69) is 18.6 Å². The van der Waals surface area contributed by atoms with Crippen molar-refractivity contribution in [2.24, 2.45) is 0 Å². The number of hydrogen-bond donors (Lipinski definition) is 0. The average molecular weight is 119 g/mol. The Bertz CT molecular complexity index is 172. The van der Waals surface area contributed by atoms with Crippen molar-refractivity contribution < 1.29 is 0 Å². The molecule has 0 fully saturated rings. The zero-order chi connectivity index (χ0) is 6.10. The highest BCUT2D eigenvalue weighted by Crippen LogP contribution is 2.31. The van der Waals surface area contributed by atoms with Crippen molar-refractivity contribution in [1.29, 1.82) is 0 Å². The van der Waals surface area contributed by atoms with Crippen LogP contribution >= 0.6 is 0 Å². The van der Waals surface area contributed by atoms with E-state index in [1.165, 1.54) is 25.7 Å². The van der Waals surface area contributed by atoms with Crippen LogP contribution in [-0.4, -0.2) is 0 Å². The van der Waals surface area contributed by atoms with E-state index in [-0.39, 0.29) is 0 Å². The fourth-order valence-electron chi connectivity index (χ4n) is 1.60. The van der Waals surface area contributed by atoms with Crippen LogP contribution in [0.5, 0.6) is 0 Å². The minimum atomic E-state index is 1.23. The Kier molecular flexibility index (Phi) is 1.18. The van der Waals surface area contributed by atoms with Gasteiger partial charge in [-0.15, -0.1) is 0 Å². The first kappa shape index (κ1) is 5.28. The number of hydrogen-bond acceptors (Lipinski definition) is 0. The van der Waals surface area contributed by atoms with Gasteiger partial charge in [-0.05, 0) is 37.7 Å². The van der Waals surface area contributed by atoms with E-state index in [0.717, 1.165) is 0 Å². The summed E-state index contributed by atoms with van der Waals surface area (Å²) in [6.45, 7) is 0. The van der Waals surface area contributed by atoms with Gasteiger partial charge in [0, 0.05) is 0 Å². The molecule has 0 bridgehead atoms. The van der Waals surface area contributed by atoms with Gasteiger partial charge in [0.25, 0.3) is 0 Å². The van der Waals surface area contributed by atoms with E-state index in [0.29, 0.717) is 0 Å². The topological polar surface area (TPSA) is 0 Å². The van der Waals surface area contributed by atoms with E-state index in [4.69, 9.17) is 0 Å².